The van der Waals surface area contributed by atoms with Crippen molar-refractivity contribution >= 4 is 22.6 Å². The lowest BCUT2D eigenvalue weighted by molar-refractivity contribution is -0.139. The van der Waals surface area contributed by atoms with Crippen molar-refractivity contribution in [3.8, 4) is 5.75 Å². The Morgan fingerprint density at radius 1 is 1.28 bits per heavy atom. The third-order valence-corrected chi connectivity index (χ3v) is 4.22. The summed E-state index contributed by atoms with van der Waals surface area (Å²) < 4.78 is 5.21. The topological polar surface area (TPSA) is 83.2 Å². The molecule has 6 heteroatoms. The molecule has 25 heavy (non-hydrogen) atoms. The molecule has 1 atom stereocenters. The van der Waals surface area contributed by atoms with Crippen molar-refractivity contribution in [2.45, 2.75) is 39.2 Å². The summed E-state index contributed by atoms with van der Waals surface area (Å²) in [5.74, 6) is -0.0986. The maximum Gasteiger partial charge on any atom is 0.289 e. The number of ether oxygens (including phenoxy) is 1. The van der Waals surface area contributed by atoms with Gasteiger partial charge in [-0.25, -0.2) is 0 Å². The molecule has 2 rings (SSSR count). The lowest BCUT2D eigenvalue weighted by Gasteiger charge is -2.15. The number of fused-ring (bicyclic) bond motifs is 1. The van der Waals surface area contributed by atoms with Gasteiger partial charge in [-0.3, -0.25) is 9.59 Å². The average Bonchev–Trinajstić information content (AvgIpc) is 3.03. The highest BCUT2D eigenvalue weighted by Crippen LogP contribution is 2.23. The van der Waals surface area contributed by atoms with Gasteiger partial charge in [0.2, 0.25) is 5.78 Å². The van der Waals surface area contributed by atoms with Crippen molar-refractivity contribution in [3.63, 3.8) is 0 Å². The van der Waals surface area contributed by atoms with E-state index >= 15 is 0 Å². The Kier molecular flexibility index (Phi) is 7.01. The fourth-order valence-corrected chi connectivity index (χ4v) is 2.92. The largest absolute Gasteiger partial charge is 0.497 e. The second-order valence-electron chi connectivity index (χ2n) is 5.99. The number of benzene rings is 1. The standard InChI is InChI=1S/C19H27N3O3/c1-4-6-16(20-5-2)18(23)19(24)21-10-9-13-12-22-17-11-14(25-3)7-8-15(13)17/h7-8,11-12,16,20,22H,4-6,9-10H2,1-3H3,(H,21,24). The van der Waals surface area contributed by atoms with Crippen molar-refractivity contribution < 1.29 is 14.3 Å². The second kappa shape index (κ2) is 9.22. The Morgan fingerprint density at radius 2 is 2.08 bits per heavy atom. The first-order chi connectivity index (χ1) is 12.1. The van der Waals surface area contributed by atoms with E-state index < -0.39 is 11.9 Å². The summed E-state index contributed by atoms with van der Waals surface area (Å²) in [6.45, 7) is 5.03. The summed E-state index contributed by atoms with van der Waals surface area (Å²) in [6.07, 6.45) is 4.11. The minimum absolute atomic E-state index is 0.382. The highest BCUT2D eigenvalue weighted by Gasteiger charge is 2.23. The van der Waals surface area contributed by atoms with Crippen LogP contribution in [0.4, 0.5) is 0 Å². The fourth-order valence-electron chi connectivity index (χ4n) is 2.92. The van der Waals surface area contributed by atoms with Crippen molar-refractivity contribution in [1.82, 2.24) is 15.6 Å². The predicted molar refractivity (Wildman–Crippen MR) is 98.9 cm³/mol. The molecular formula is C19H27N3O3. The van der Waals surface area contributed by atoms with Gasteiger partial charge in [0, 0.05) is 29.7 Å². The Hall–Kier alpha value is -2.34. The molecule has 1 amide bonds. The SMILES string of the molecule is CCCC(NCC)C(=O)C(=O)NCCc1c[nH]c2cc(OC)ccc12. The lowest BCUT2D eigenvalue weighted by atomic mass is 10.1. The van der Waals surface area contributed by atoms with Gasteiger partial charge in [0.1, 0.15) is 5.75 Å². The van der Waals surface area contributed by atoms with Crippen LogP contribution in [0.1, 0.15) is 32.3 Å². The zero-order valence-corrected chi connectivity index (χ0v) is 15.1. The summed E-state index contributed by atoms with van der Waals surface area (Å²) in [7, 11) is 1.64. The number of nitrogens with one attached hydrogen (secondary N) is 3. The summed E-state index contributed by atoms with van der Waals surface area (Å²) in [5, 5.41) is 6.91. The molecule has 0 aliphatic heterocycles. The first-order valence-corrected chi connectivity index (χ1v) is 8.80. The zero-order valence-electron chi connectivity index (χ0n) is 15.1. The van der Waals surface area contributed by atoms with Gasteiger partial charge < -0.3 is 20.4 Å². The fraction of sp³-hybridized carbons (Fsp3) is 0.474. The van der Waals surface area contributed by atoms with Crippen LogP contribution in [0.15, 0.2) is 24.4 Å². The minimum atomic E-state index is -0.513. The first kappa shape index (κ1) is 19.0. The molecule has 0 aliphatic rings. The lowest BCUT2D eigenvalue weighted by Crippen LogP contribution is -2.45. The number of aromatic amines is 1. The smallest absolute Gasteiger partial charge is 0.289 e. The van der Waals surface area contributed by atoms with Gasteiger partial charge >= 0.3 is 0 Å². The van der Waals surface area contributed by atoms with Crippen LogP contribution in [-0.4, -0.2) is 42.9 Å². The molecule has 1 heterocycles. The van der Waals surface area contributed by atoms with Crippen molar-refractivity contribution in [1.29, 1.82) is 0 Å². The number of H-pyrrole nitrogens is 1. The van der Waals surface area contributed by atoms with Crippen molar-refractivity contribution in [3.05, 3.63) is 30.0 Å². The molecule has 0 spiro atoms. The number of likely N-dealkylation sites (N-methyl/N-ethyl adjacent to an activating group) is 1. The predicted octanol–water partition coefficient (Wildman–Crippen LogP) is 2.18. The van der Waals surface area contributed by atoms with E-state index in [2.05, 4.69) is 15.6 Å². The van der Waals surface area contributed by atoms with Gasteiger partial charge in [0.25, 0.3) is 5.91 Å². The Labute approximate surface area is 148 Å². The maximum absolute atomic E-state index is 12.2. The molecule has 2 aromatic rings. The number of aromatic nitrogens is 1. The summed E-state index contributed by atoms with van der Waals surface area (Å²) >= 11 is 0. The molecule has 0 aliphatic carbocycles. The molecule has 0 saturated carbocycles. The number of Topliss-reactive ketones (excluding diaryl/α,β-unsaturated/α-hetero) is 1. The molecule has 1 aromatic heterocycles. The Balaban J connectivity index is 1.91. The van der Waals surface area contributed by atoms with Gasteiger partial charge in [-0.15, -0.1) is 0 Å². The van der Waals surface area contributed by atoms with Crippen LogP contribution in [0.5, 0.6) is 5.75 Å². The number of methoxy groups -OCH3 is 1. The third-order valence-electron chi connectivity index (χ3n) is 4.22. The van der Waals surface area contributed by atoms with E-state index in [9.17, 15) is 9.59 Å². The summed E-state index contributed by atoms with van der Waals surface area (Å²) in [6, 6.07) is 5.45. The van der Waals surface area contributed by atoms with Crippen LogP contribution < -0.4 is 15.4 Å². The number of hydrogen-bond acceptors (Lipinski definition) is 4. The highest BCUT2D eigenvalue weighted by atomic mass is 16.5. The average molecular weight is 345 g/mol. The van der Waals surface area contributed by atoms with E-state index in [0.717, 1.165) is 28.6 Å². The van der Waals surface area contributed by atoms with E-state index in [1.165, 1.54) is 0 Å². The molecule has 0 radical (unpaired) electrons. The van der Waals surface area contributed by atoms with Crippen LogP contribution in [-0.2, 0) is 16.0 Å². The third kappa shape index (κ3) is 4.82. The molecule has 0 bridgehead atoms. The van der Waals surface area contributed by atoms with Crippen LogP contribution in [0.2, 0.25) is 0 Å². The number of ketones is 1. The Bertz CT molecular complexity index is 718. The van der Waals surface area contributed by atoms with E-state index in [0.29, 0.717) is 25.9 Å². The van der Waals surface area contributed by atoms with Crippen LogP contribution in [0, 0.1) is 0 Å². The summed E-state index contributed by atoms with van der Waals surface area (Å²) in [4.78, 5) is 27.5. The second-order valence-corrected chi connectivity index (χ2v) is 5.99. The number of rotatable bonds is 10. The molecule has 0 saturated heterocycles. The van der Waals surface area contributed by atoms with E-state index in [1.807, 2.05) is 38.2 Å². The van der Waals surface area contributed by atoms with Crippen LogP contribution >= 0.6 is 0 Å². The molecule has 1 aromatic carbocycles. The van der Waals surface area contributed by atoms with Gasteiger partial charge in [0.15, 0.2) is 0 Å². The van der Waals surface area contributed by atoms with Gasteiger partial charge in [0.05, 0.1) is 13.2 Å². The van der Waals surface area contributed by atoms with E-state index in [4.69, 9.17) is 4.74 Å². The minimum Gasteiger partial charge on any atom is -0.497 e. The first-order valence-electron chi connectivity index (χ1n) is 8.80. The molecule has 1 unspecified atom stereocenters. The van der Waals surface area contributed by atoms with E-state index in [-0.39, 0.29) is 5.78 Å². The number of carbonyl (C=O) groups is 2. The number of carbonyl (C=O) groups excluding carboxylic acids is 2. The molecule has 6 nitrogen and oxygen atoms in total. The molecule has 3 N–H and O–H groups in total. The molecular weight excluding hydrogens is 318 g/mol. The Morgan fingerprint density at radius 3 is 2.76 bits per heavy atom. The van der Waals surface area contributed by atoms with Crippen molar-refractivity contribution in [2.24, 2.45) is 0 Å². The highest BCUT2D eigenvalue weighted by molar-refractivity contribution is 6.38. The van der Waals surface area contributed by atoms with Gasteiger partial charge in [-0.05, 0) is 37.1 Å². The van der Waals surface area contributed by atoms with Gasteiger partial charge in [-0.1, -0.05) is 20.3 Å². The molecule has 0 fully saturated rings. The number of hydrogen-bond donors (Lipinski definition) is 3. The van der Waals surface area contributed by atoms with Crippen molar-refractivity contribution in [2.75, 3.05) is 20.2 Å². The quantitative estimate of drug-likeness (QED) is 0.576. The monoisotopic (exact) mass is 345 g/mol. The van der Waals surface area contributed by atoms with Gasteiger partial charge in [-0.2, -0.15) is 0 Å². The van der Waals surface area contributed by atoms with E-state index in [1.54, 1.807) is 7.11 Å². The summed E-state index contributed by atoms with van der Waals surface area (Å²) in [5.41, 5.74) is 2.09. The number of amides is 1. The normalized spacial score (nSPS) is 12.1. The molecule has 136 valence electrons. The van der Waals surface area contributed by atoms with Crippen LogP contribution in [0.3, 0.4) is 0 Å². The van der Waals surface area contributed by atoms with Crippen LogP contribution in [0.25, 0.3) is 10.9 Å². The zero-order chi connectivity index (χ0) is 18.2. The maximum atomic E-state index is 12.2.